The molecule has 2 heterocycles. The summed E-state index contributed by atoms with van der Waals surface area (Å²) in [5.41, 5.74) is 1.39. The van der Waals surface area contributed by atoms with E-state index in [0.717, 1.165) is 4.88 Å². The number of anilines is 1. The van der Waals surface area contributed by atoms with Crippen LogP contribution in [0.1, 0.15) is 11.8 Å². The van der Waals surface area contributed by atoms with Crippen molar-refractivity contribution in [1.29, 1.82) is 0 Å². The second-order valence-electron chi connectivity index (χ2n) is 3.48. The fourth-order valence-electron chi connectivity index (χ4n) is 1.26. The van der Waals surface area contributed by atoms with E-state index in [0.29, 0.717) is 5.71 Å². The molecule has 8 heteroatoms. The number of aromatic nitrogens is 1. The van der Waals surface area contributed by atoms with E-state index < -0.39 is 29.2 Å². The maximum absolute atomic E-state index is 13.3. The van der Waals surface area contributed by atoms with E-state index in [1.165, 1.54) is 11.3 Å². The lowest BCUT2D eigenvalue weighted by atomic mass is 10.3. The molecule has 0 aliphatic carbocycles. The summed E-state index contributed by atoms with van der Waals surface area (Å²) in [4.78, 5) is 3.19. The number of nitrogens with zero attached hydrogens (tertiary/aromatic N) is 2. The van der Waals surface area contributed by atoms with Crippen LogP contribution in [-0.4, -0.2) is 10.7 Å². The molecule has 0 saturated heterocycles. The first-order valence-electron chi connectivity index (χ1n) is 5.05. The Morgan fingerprint density at radius 2 is 1.84 bits per heavy atom. The van der Waals surface area contributed by atoms with Gasteiger partial charge in [-0.25, -0.2) is 0 Å². The second kappa shape index (κ2) is 5.35. The van der Waals surface area contributed by atoms with Crippen LogP contribution in [0.15, 0.2) is 22.6 Å². The van der Waals surface area contributed by atoms with Gasteiger partial charge in [-0.2, -0.15) is 27.6 Å². The number of halogens is 4. The third-order valence-corrected chi connectivity index (χ3v) is 3.19. The monoisotopic (exact) mass is 289 g/mol. The lowest BCUT2D eigenvalue weighted by Gasteiger charge is -2.05. The minimum Gasteiger partial charge on any atom is -0.272 e. The molecule has 1 N–H and O–H groups in total. The van der Waals surface area contributed by atoms with Crippen LogP contribution in [-0.2, 0) is 0 Å². The van der Waals surface area contributed by atoms with Crippen molar-refractivity contribution in [2.45, 2.75) is 6.92 Å². The summed E-state index contributed by atoms with van der Waals surface area (Å²) in [7, 11) is 0. The van der Waals surface area contributed by atoms with E-state index >= 15 is 0 Å². The smallest absolute Gasteiger partial charge is 0.254 e. The minimum absolute atomic E-state index is 0.423. The molecule has 3 nitrogen and oxygen atoms in total. The highest BCUT2D eigenvalue weighted by Crippen LogP contribution is 2.22. The summed E-state index contributed by atoms with van der Waals surface area (Å²) in [5.74, 6) is -6.71. The Hall–Kier alpha value is -1.96. The molecule has 0 aliphatic heterocycles. The van der Waals surface area contributed by atoms with Crippen LogP contribution in [0.3, 0.4) is 0 Å². The van der Waals surface area contributed by atoms with Gasteiger partial charge in [0, 0.05) is 4.88 Å². The molecule has 0 aromatic carbocycles. The molecule has 0 atom stereocenters. The Morgan fingerprint density at radius 1 is 1.21 bits per heavy atom. The molecule has 2 rings (SSSR count). The van der Waals surface area contributed by atoms with Crippen LogP contribution in [0, 0.1) is 23.5 Å². The molecule has 19 heavy (non-hydrogen) atoms. The molecule has 0 unspecified atom stereocenters. The number of rotatable bonds is 3. The van der Waals surface area contributed by atoms with Gasteiger partial charge < -0.3 is 0 Å². The van der Waals surface area contributed by atoms with Crippen molar-refractivity contribution in [3.05, 3.63) is 45.9 Å². The molecule has 0 bridgehead atoms. The summed E-state index contributed by atoms with van der Waals surface area (Å²) in [6, 6.07) is 3.51. The van der Waals surface area contributed by atoms with Gasteiger partial charge in [-0.15, -0.1) is 11.3 Å². The Labute approximate surface area is 109 Å². The lowest BCUT2D eigenvalue weighted by molar-refractivity contribution is 0.411. The van der Waals surface area contributed by atoms with Gasteiger partial charge in [0.2, 0.25) is 11.6 Å². The van der Waals surface area contributed by atoms with Gasteiger partial charge in [0.1, 0.15) is 5.69 Å². The third-order valence-electron chi connectivity index (χ3n) is 2.21. The SMILES string of the molecule is C/C(=N\Nc1c(F)c(F)nc(F)c1F)c1cccs1. The first-order chi connectivity index (χ1) is 9.00. The van der Waals surface area contributed by atoms with Crippen molar-refractivity contribution in [1.82, 2.24) is 4.98 Å². The van der Waals surface area contributed by atoms with Crippen LogP contribution in [0.2, 0.25) is 0 Å². The molecule has 2 aromatic rings. The van der Waals surface area contributed by atoms with E-state index in [4.69, 9.17) is 0 Å². The van der Waals surface area contributed by atoms with Gasteiger partial charge in [0.15, 0.2) is 0 Å². The van der Waals surface area contributed by atoms with E-state index in [-0.39, 0.29) is 0 Å². The average molecular weight is 289 g/mol. The highest BCUT2D eigenvalue weighted by Gasteiger charge is 2.20. The molecule has 0 amide bonds. The Morgan fingerprint density at radius 3 is 2.37 bits per heavy atom. The van der Waals surface area contributed by atoms with Crippen LogP contribution in [0.25, 0.3) is 0 Å². The Balaban J connectivity index is 2.32. The van der Waals surface area contributed by atoms with Crippen LogP contribution >= 0.6 is 11.3 Å². The highest BCUT2D eigenvalue weighted by atomic mass is 32.1. The summed E-state index contributed by atoms with van der Waals surface area (Å²) < 4.78 is 52.2. The maximum Gasteiger partial charge on any atom is 0.254 e. The zero-order chi connectivity index (χ0) is 14.0. The predicted molar refractivity (Wildman–Crippen MR) is 64.2 cm³/mol. The number of hydrogen-bond donors (Lipinski definition) is 1. The minimum atomic E-state index is -1.73. The molecular weight excluding hydrogens is 282 g/mol. The summed E-state index contributed by atoms with van der Waals surface area (Å²) in [6.45, 7) is 1.59. The molecule has 0 fully saturated rings. The molecule has 0 spiro atoms. The van der Waals surface area contributed by atoms with E-state index in [1.54, 1.807) is 24.4 Å². The summed E-state index contributed by atoms with van der Waals surface area (Å²) in [5, 5.41) is 5.47. The predicted octanol–water partition coefficient (Wildman–Crippen LogP) is 3.54. The fraction of sp³-hybridized carbons (Fsp3) is 0.0909. The summed E-state index contributed by atoms with van der Waals surface area (Å²) in [6.07, 6.45) is 0. The first-order valence-corrected chi connectivity index (χ1v) is 5.93. The van der Waals surface area contributed by atoms with Gasteiger partial charge in [0.25, 0.3) is 11.9 Å². The number of hydrazone groups is 1. The summed E-state index contributed by atoms with van der Waals surface area (Å²) >= 11 is 1.36. The molecule has 0 radical (unpaired) electrons. The maximum atomic E-state index is 13.3. The van der Waals surface area contributed by atoms with Crippen molar-refractivity contribution in [3.8, 4) is 0 Å². The lowest BCUT2D eigenvalue weighted by Crippen LogP contribution is -2.07. The van der Waals surface area contributed by atoms with Crippen molar-refractivity contribution < 1.29 is 17.6 Å². The van der Waals surface area contributed by atoms with Gasteiger partial charge >= 0.3 is 0 Å². The van der Waals surface area contributed by atoms with E-state index in [9.17, 15) is 17.6 Å². The van der Waals surface area contributed by atoms with Gasteiger partial charge in [-0.1, -0.05) is 6.07 Å². The molecule has 0 aliphatic rings. The molecular formula is C11H7F4N3S. The topological polar surface area (TPSA) is 37.3 Å². The van der Waals surface area contributed by atoms with E-state index in [1.807, 2.05) is 5.43 Å². The van der Waals surface area contributed by atoms with Crippen molar-refractivity contribution in [2.75, 3.05) is 5.43 Å². The fourth-order valence-corrected chi connectivity index (χ4v) is 1.94. The van der Waals surface area contributed by atoms with Crippen molar-refractivity contribution in [2.24, 2.45) is 5.10 Å². The van der Waals surface area contributed by atoms with Crippen LogP contribution in [0.4, 0.5) is 23.2 Å². The largest absolute Gasteiger partial charge is 0.272 e. The van der Waals surface area contributed by atoms with Gasteiger partial charge in [0.05, 0.1) is 5.71 Å². The van der Waals surface area contributed by atoms with E-state index in [2.05, 4.69) is 10.1 Å². The molecule has 0 saturated carbocycles. The average Bonchev–Trinajstić information content (AvgIpc) is 2.90. The van der Waals surface area contributed by atoms with Crippen molar-refractivity contribution >= 4 is 22.7 Å². The molecule has 2 aromatic heterocycles. The van der Waals surface area contributed by atoms with Crippen LogP contribution in [0.5, 0.6) is 0 Å². The zero-order valence-electron chi connectivity index (χ0n) is 9.55. The molecule has 100 valence electrons. The highest BCUT2D eigenvalue weighted by molar-refractivity contribution is 7.12. The second-order valence-corrected chi connectivity index (χ2v) is 4.43. The first kappa shape index (κ1) is 13.5. The van der Waals surface area contributed by atoms with Gasteiger partial charge in [-0.05, 0) is 18.4 Å². The number of pyridine rings is 1. The van der Waals surface area contributed by atoms with Crippen molar-refractivity contribution in [3.63, 3.8) is 0 Å². The Bertz CT molecular complexity index is 599. The quantitative estimate of drug-likeness (QED) is 0.406. The third kappa shape index (κ3) is 2.73. The van der Waals surface area contributed by atoms with Gasteiger partial charge in [-0.3, -0.25) is 5.43 Å². The van der Waals surface area contributed by atoms with Crippen LogP contribution < -0.4 is 5.43 Å². The number of hydrogen-bond acceptors (Lipinski definition) is 4. The number of nitrogens with one attached hydrogen (secondary N) is 1. The Kier molecular flexibility index (Phi) is 3.79. The number of thiophene rings is 1. The zero-order valence-corrected chi connectivity index (χ0v) is 10.4. The standard InChI is InChI=1S/C11H7F4N3S/c1-5(6-3-2-4-19-6)17-18-9-7(12)10(14)16-11(15)8(9)13/h2-4H,1H3,(H,16,18)/b17-5+. The normalized spacial score (nSPS) is 11.7.